The van der Waals surface area contributed by atoms with Crippen molar-refractivity contribution in [1.29, 1.82) is 0 Å². The molecule has 1 unspecified atom stereocenters. The number of benzene rings is 1. The van der Waals surface area contributed by atoms with Crippen molar-refractivity contribution in [3.8, 4) is 0 Å². The first kappa shape index (κ1) is 16.6. The lowest BCUT2D eigenvalue weighted by atomic mass is 10.0. The predicted octanol–water partition coefficient (Wildman–Crippen LogP) is 4.25. The molecule has 0 N–H and O–H groups in total. The van der Waals surface area contributed by atoms with E-state index in [1.165, 1.54) is 12.1 Å². The molecule has 0 radical (unpaired) electrons. The highest BCUT2D eigenvalue weighted by Crippen LogP contribution is 2.27. The van der Waals surface area contributed by atoms with Crippen molar-refractivity contribution in [2.24, 2.45) is 5.92 Å². The lowest BCUT2D eigenvalue weighted by Crippen LogP contribution is -2.06. The monoisotopic (exact) mass is 344 g/mol. The van der Waals surface area contributed by atoms with Crippen molar-refractivity contribution in [1.82, 2.24) is 0 Å². The van der Waals surface area contributed by atoms with Gasteiger partial charge in [0.1, 0.15) is 0 Å². The summed E-state index contributed by atoms with van der Waals surface area (Å²) < 4.78 is 0. The molecular weight excluding hydrogens is 328 g/mol. The highest BCUT2D eigenvalue weighted by Gasteiger charge is 2.19. The van der Waals surface area contributed by atoms with Crippen LogP contribution in [0.15, 0.2) is 18.2 Å². The maximum atomic E-state index is 11.0. The Labute approximate surface area is 125 Å². The molecule has 6 nitrogen and oxygen atoms in total. The van der Waals surface area contributed by atoms with Gasteiger partial charge in [-0.25, -0.2) is 0 Å². The molecule has 0 aliphatic rings. The first-order valence-electron chi connectivity index (χ1n) is 6.37. The van der Waals surface area contributed by atoms with Crippen LogP contribution in [0.4, 0.5) is 11.4 Å². The zero-order chi connectivity index (χ0) is 15.3. The molecule has 1 aromatic rings. The minimum atomic E-state index is -0.622. The predicted molar refractivity (Wildman–Crippen MR) is 80.2 cm³/mol. The second kappa shape index (κ2) is 7.33. The summed E-state index contributed by atoms with van der Waals surface area (Å²) in [5, 5.41) is 21.6. The lowest BCUT2D eigenvalue weighted by Gasteiger charge is -2.12. The lowest BCUT2D eigenvalue weighted by molar-refractivity contribution is -0.394. The third-order valence-corrected chi connectivity index (χ3v) is 3.76. The van der Waals surface area contributed by atoms with Crippen LogP contribution >= 0.6 is 15.9 Å². The molecule has 0 heterocycles. The van der Waals surface area contributed by atoms with Crippen molar-refractivity contribution >= 4 is 27.3 Å². The van der Waals surface area contributed by atoms with Crippen LogP contribution in [0.25, 0.3) is 0 Å². The molecular formula is C13H17BrN2O4. The van der Waals surface area contributed by atoms with E-state index in [2.05, 4.69) is 29.8 Å². The molecule has 110 valence electrons. The van der Waals surface area contributed by atoms with Crippen molar-refractivity contribution in [2.45, 2.75) is 37.9 Å². The number of non-ortho nitro benzene ring substituents is 1. The molecule has 0 saturated heterocycles. The Morgan fingerprint density at radius 2 is 1.85 bits per heavy atom. The van der Waals surface area contributed by atoms with Crippen LogP contribution in [0.5, 0.6) is 0 Å². The van der Waals surface area contributed by atoms with Crippen molar-refractivity contribution < 1.29 is 9.85 Å². The molecule has 0 aliphatic heterocycles. The number of halogens is 1. The third-order valence-electron chi connectivity index (χ3n) is 2.93. The van der Waals surface area contributed by atoms with Gasteiger partial charge in [0.15, 0.2) is 0 Å². The SMILES string of the molecule is CC(C)CC(Br)CCc1ccc([N+](=O)[O-])cc1[N+](=O)[O-]. The molecule has 0 aliphatic carbocycles. The van der Waals surface area contributed by atoms with E-state index >= 15 is 0 Å². The second-order valence-electron chi connectivity index (χ2n) is 5.09. The Morgan fingerprint density at radius 3 is 2.35 bits per heavy atom. The average molecular weight is 345 g/mol. The largest absolute Gasteiger partial charge is 0.279 e. The van der Waals surface area contributed by atoms with Crippen molar-refractivity contribution in [3.63, 3.8) is 0 Å². The van der Waals surface area contributed by atoms with E-state index in [0.717, 1.165) is 18.9 Å². The minimum Gasteiger partial charge on any atom is -0.258 e. The number of nitro benzene ring substituents is 2. The fourth-order valence-corrected chi connectivity index (χ4v) is 2.97. The molecule has 1 aromatic carbocycles. The van der Waals surface area contributed by atoms with E-state index < -0.39 is 9.85 Å². The molecule has 0 amide bonds. The van der Waals surface area contributed by atoms with Gasteiger partial charge in [-0.2, -0.15) is 0 Å². The summed E-state index contributed by atoms with van der Waals surface area (Å²) in [6.07, 6.45) is 2.27. The van der Waals surface area contributed by atoms with E-state index in [9.17, 15) is 20.2 Å². The number of rotatable bonds is 7. The van der Waals surface area contributed by atoms with Gasteiger partial charge in [-0.05, 0) is 31.2 Å². The van der Waals surface area contributed by atoms with Gasteiger partial charge in [0, 0.05) is 16.5 Å². The average Bonchev–Trinajstić information content (AvgIpc) is 2.35. The maximum absolute atomic E-state index is 11.0. The molecule has 1 rings (SSSR count). The second-order valence-corrected chi connectivity index (χ2v) is 6.39. The molecule has 0 fully saturated rings. The number of nitrogens with zero attached hydrogens (tertiary/aromatic N) is 2. The smallest absolute Gasteiger partial charge is 0.258 e. The van der Waals surface area contributed by atoms with Gasteiger partial charge in [-0.3, -0.25) is 20.2 Å². The first-order chi connectivity index (χ1) is 9.31. The molecule has 0 aromatic heterocycles. The Hall–Kier alpha value is -1.50. The number of hydrogen-bond acceptors (Lipinski definition) is 4. The van der Waals surface area contributed by atoms with Gasteiger partial charge in [0.25, 0.3) is 11.4 Å². The van der Waals surface area contributed by atoms with Gasteiger partial charge in [0.05, 0.1) is 15.9 Å². The molecule has 0 spiro atoms. The standard InChI is InChI=1S/C13H17BrN2O4/c1-9(2)7-11(14)5-3-10-4-6-12(15(17)18)8-13(10)16(19)20/h4,6,8-9,11H,3,5,7H2,1-2H3. The zero-order valence-electron chi connectivity index (χ0n) is 11.4. The Kier molecular flexibility index (Phi) is 6.06. The molecule has 20 heavy (non-hydrogen) atoms. The van der Waals surface area contributed by atoms with Crippen LogP contribution in [0.2, 0.25) is 0 Å². The minimum absolute atomic E-state index is 0.177. The fourth-order valence-electron chi connectivity index (χ4n) is 1.99. The van der Waals surface area contributed by atoms with E-state index in [4.69, 9.17) is 0 Å². The Balaban J connectivity index is 2.84. The Bertz CT molecular complexity index is 505. The summed E-state index contributed by atoms with van der Waals surface area (Å²) in [4.78, 5) is 20.7. The van der Waals surface area contributed by atoms with E-state index in [1.807, 2.05) is 0 Å². The zero-order valence-corrected chi connectivity index (χ0v) is 13.0. The van der Waals surface area contributed by atoms with E-state index in [0.29, 0.717) is 17.9 Å². The van der Waals surface area contributed by atoms with Crippen LogP contribution in [0.1, 0.15) is 32.3 Å². The molecule has 0 bridgehead atoms. The summed E-state index contributed by atoms with van der Waals surface area (Å²) in [7, 11) is 0. The number of aryl methyl sites for hydroxylation is 1. The van der Waals surface area contributed by atoms with Gasteiger partial charge in [-0.1, -0.05) is 29.8 Å². The van der Waals surface area contributed by atoms with Crippen LogP contribution in [-0.4, -0.2) is 14.7 Å². The number of hydrogen-bond donors (Lipinski definition) is 0. The third kappa shape index (κ3) is 4.88. The van der Waals surface area contributed by atoms with Gasteiger partial charge < -0.3 is 0 Å². The summed E-state index contributed by atoms with van der Waals surface area (Å²) >= 11 is 3.56. The molecule has 1 atom stereocenters. The molecule has 7 heteroatoms. The van der Waals surface area contributed by atoms with Gasteiger partial charge in [0.2, 0.25) is 0 Å². The Morgan fingerprint density at radius 1 is 1.20 bits per heavy atom. The summed E-state index contributed by atoms with van der Waals surface area (Å²) in [5.41, 5.74) is 0.107. The highest BCUT2D eigenvalue weighted by molar-refractivity contribution is 9.09. The van der Waals surface area contributed by atoms with Gasteiger partial charge >= 0.3 is 0 Å². The fraction of sp³-hybridized carbons (Fsp3) is 0.538. The van der Waals surface area contributed by atoms with Crippen LogP contribution < -0.4 is 0 Å². The van der Waals surface area contributed by atoms with Crippen LogP contribution in [-0.2, 0) is 6.42 Å². The van der Waals surface area contributed by atoms with E-state index in [-0.39, 0.29) is 16.2 Å². The summed E-state index contributed by atoms with van der Waals surface area (Å²) in [6.45, 7) is 4.23. The van der Waals surface area contributed by atoms with Crippen molar-refractivity contribution in [3.05, 3.63) is 44.0 Å². The summed E-state index contributed by atoms with van der Waals surface area (Å²) in [6, 6.07) is 3.82. The van der Waals surface area contributed by atoms with Crippen LogP contribution in [0, 0.1) is 26.1 Å². The van der Waals surface area contributed by atoms with Gasteiger partial charge in [-0.15, -0.1) is 0 Å². The number of nitro groups is 2. The number of alkyl halides is 1. The molecule has 0 saturated carbocycles. The quantitative estimate of drug-likeness (QED) is 0.420. The normalized spacial score (nSPS) is 12.4. The van der Waals surface area contributed by atoms with Crippen molar-refractivity contribution in [2.75, 3.05) is 0 Å². The van der Waals surface area contributed by atoms with Crippen LogP contribution in [0.3, 0.4) is 0 Å². The maximum Gasteiger partial charge on any atom is 0.279 e. The topological polar surface area (TPSA) is 86.3 Å². The van der Waals surface area contributed by atoms with E-state index in [1.54, 1.807) is 0 Å². The first-order valence-corrected chi connectivity index (χ1v) is 7.28. The summed E-state index contributed by atoms with van der Waals surface area (Å²) in [5.74, 6) is 0.547. The highest BCUT2D eigenvalue weighted by atomic mass is 79.9.